The predicted molar refractivity (Wildman–Crippen MR) is 135 cm³/mol. The molecule has 2 amide bonds. The summed E-state index contributed by atoms with van der Waals surface area (Å²) in [7, 11) is 0. The van der Waals surface area contributed by atoms with Crippen molar-refractivity contribution >= 4 is 33.4 Å². The van der Waals surface area contributed by atoms with E-state index in [1.54, 1.807) is 11.3 Å². The Balaban J connectivity index is 1.14. The van der Waals surface area contributed by atoms with Gasteiger partial charge in [-0.1, -0.05) is 12.8 Å². The first-order valence-corrected chi connectivity index (χ1v) is 13.7. The maximum atomic E-state index is 13.0. The average molecular weight is 488 g/mol. The van der Waals surface area contributed by atoms with Gasteiger partial charge in [0.15, 0.2) is 0 Å². The SMILES string of the molecule is O=C(CCCNC(=O)Cn1cnc2sc3c(c2c1=O)CCCC3)NCCCN1CCCCCC1. The summed E-state index contributed by atoms with van der Waals surface area (Å²) < 4.78 is 1.40. The number of nitrogens with one attached hydrogen (secondary N) is 2. The van der Waals surface area contributed by atoms with Crippen molar-refractivity contribution < 1.29 is 9.59 Å². The molecule has 0 spiro atoms. The highest BCUT2D eigenvalue weighted by Gasteiger charge is 2.20. The molecule has 4 rings (SSSR count). The highest BCUT2D eigenvalue weighted by molar-refractivity contribution is 7.18. The monoisotopic (exact) mass is 487 g/mol. The van der Waals surface area contributed by atoms with Crippen LogP contribution in [0, 0.1) is 0 Å². The van der Waals surface area contributed by atoms with Gasteiger partial charge in [0.05, 0.1) is 11.7 Å². The number of thiophene rings is 1. The second-order valence-electron chi connectivity index (χ2n) is 9.48. The van der Waals surface area contributed by atoms with E-state index in [0.717, 1.165) is 49.0 Å². The standard InChI is InChI=1S/C25H37N5O3S/c31-21(26-13-8-16-29-14-5-1-2-6-15-29)11-7-12-27-22(32)17-30-18-28-24-23(25(30)33)19-9-3-4-10-20(19)34-24/h18H,1-17H2,(H,26,31)(H,27,32). The molecular weight excluding hydrogens is 450 g/mol. The van der Waals surface area contributed by atoms with Crippen LogP contribution in [0.25, 0.3) is 10.2 Å². The predicted octanol–water partition coefficient (Wildman–Crippen LogP) is 2.62. The molecule has 186 valence electrons. The molecule has 2 aromatic rings. The summed E-state index contributed by atoms with van der Waals surface area (Å²) in [6.45, 7) is 4.47. The van der Waals surface area contributed by atoms with Crippen LogP contribution >= 0.6 is 11.3 Å². The summed E-state index contributed by atoms with van der Waals surface area (Å²) in [4.78, 5) is 46.4. The van der Waals surface area contributed by atoms with Crippen LogP contribution in [0.1, 0.15) is 68.2 Å². The number of carbonyl (C=O) groups excluding carboxylic acids is 2. The van der Waals surface area contributed by atoms with Crippen molar-refractivity contribution in [1.82, 2.24) is 25.1 Å². The molecule has 0 aromatic carbocycles. The molecule has 2 aromatic heterocycles. The van der Waals surface area contributed by atoms with E-state index in [9.17, 15) is 14.4 Å². The van der Waals surface area contributed by atoms with Crippen molar-refractivity contribution in [1.29, 1.82) is 0 Å². The van der Waals surface area contributed by atoms with Crippen LogP contribution in [0.3, 0.4) is 0 Å². The Hall–Kier alpha value is -2.26. The molecule has 2 aliphatic rings. The Morgan fingerprint density at radius 1 is 0.941 bits per heavy atom. The number of carbonyl (C=O) groups is 2. The van der Waals surface area contributed by atoms with E-state index in [4.69, 9.17) is 0 Å². The minimum atomic E-state index is -0.231. The largest absolute Gasteiger partial charge is 0.356 e. The number of amides is 2. The lowest BCUT2D eigenvalue weighted by Crippen LogP contribution is -2.34. The zero-order chi connectivity index (χ0) is 23.8. The third kappa shape index (κ3) is 6.66. The van der Waals surface area contributed by atoms with Gasteiger partial charge in [0.2, 0.25) is 11.8 Å². The van der Waals surface area contributed by atoms with E-state index < -0.39 is 0 Å². The van der Waals surface area contributed by atoms with Crippen molar-refractivity contribution in [2.75, 3.05) is 32.7 Å². The fraction of sp³-hybridized carbons (Fsp3) is 0.680. The minimum absolute atomic E-state index is 0.0261. The molecule has 1 aliphatic carbocycles. The summed E-state index contributed by atoms with van der Waals surface area (Å²) in [5.41, 5.74) is 1.01. The molecule has 3 heterocycles. The molecule has 9 heteroatoms. The number of hydrogen-bond acceptors (Lipinski definition) is 6. The van der Waals surface area contributed by atoms with Crippen LogP contribution < -0.4 is 16.2 Å². The van der Waals surface area contributed by atoms with Crippen LogP contribution in [0.4, 0.5) is 0 Å². The lowest BCUT2D eigenvalue weighted by Gasteiger charge is -2.19. The summed E-state index contributed by atoms with van der Waals surface area (Å²) in [6, 6.07) is 0. The number of nitrogens with zero attached hydrogens (tertiary/aromatic N) is 3. The number of aromatic nitrogens is 2. The van der Waals surface area contributed by atoms with Crippen LogP contribution in [-0.2, 0) is 29.0 Å². The summed E-state index contributed by atoms with van der Waals surface area (Å²) in [5, 5.41) is 6.50. The first-order chi connectivity index (χ1) is 16.6. The number of aryl methyl sites for hydroxylation is 2. The van der Waals surface area contributed by atoms with Gasteiger partial charge in [0.25, 0.3) is 5.56 Å². The molecule has 0 saturated carbocycles. The first kappa shape index (κ1) is 24.9. The van der Waals surface area contributed by atoms with E-state index in [1.165, 1.54) is 54.5 Å². The van der Waals surface area contributed by atoms with E-state index >= 15 is 0 Å². The van der Waals surface area contributed by atoms with Gasteiger partial charge in [-0.15, -0.1) is 11.3 Å². The van der Waals surface area contributed by atoms with E-state index in [2.05, 4.69) is 20.5 Å². The van der Waals surface area contributed by atoms with Gasteiger partial charge in [0.1, 0.15) is 11.4 Å². The Morgan fingerprint density at radius 3 is 2.50 bits per heavy atom. The molecule has 1 aliphatic heterocycles. The van der Waals surface area contributed by atoms with E-state index in [0.29, 0.717) is 31.3 Å². The molecular formula is C25H37N5O3S. The fourth-order valence-electron chi connectivity index (χ4n) is 4.96. The van der Waals surface area contributed by atoms with Crippen LogP contribution in [-0.4, -0.2) is 59.0 Å². The molecule has 0 radical (unpaired) electrons. The Bertz CT molecular complexity index is 1040. The lowest BCUT2D eigenvalue weighted by molar-refractivity contribution is -0.123. The molecule has 2 N–H and O–H groups in total. The molecule has 1 saturated heterocycles. The second-order valence-corrected chi connectivity index (χ2v) is 10.6. The van der Waals surface area contributed by atoms with Crippen molar-refractivity contribution in [2.45, 2.75) is 77.2 Å². The summed E-state index contributed by atoms with van der Waals surface area (Å²) in [5.74, 6) is -0.205. The highest BCUT2D eigenvalue weighted by Crippen LogP contribution is 2.33. The van der Waals surface area contributed by atoms with Crippen molar-refractivity contribution in [3.63, 3.8) is 0 Å². The third-order valence-corrected chi connectivity index (χ3v) is 8.03. The Labute approximate surface area is 205 Å². The van der Waals surface area contributed by atoms with Gasteiger partial charge in [-0.2, -0.15) is 0 Å². The molecule has 0 bridgehead atoms. The molecule has 1 fully saturated rings. The number of rotatable bonds is 10. The maximum Gasteiger partial charge on any atom is 0.262 e. The molecule has 8 nitrogen and oxygen atoms in total. The van der Waals surface area contributed by atoms with E-state index in [-0.39, 0.29) is 23.9 Å². The number of likely N-dealkylation sites (tertiary alicyclic amines) is 1. The van der Waals surface area contributed by atoms with E-state index in [1.807, 2.05) is 0 Å². The van der Waals surface area contributed by atoms with Gasteiger partial charge >= 0.3 is 0 Å². The Morgan fingerprint density at radius 2 is 1.68 bits per heavy atom. The second kappa shape index (κ2) is 12.4. The normalized spacial score (nSPS) is 16.7. The Kier molecular flexibility index (Phi) is 9.10. The van der Waals surface area contributed by atoms with Crippen LogP contribution in [0.15, 0.2) is 11.1 Å². The quantitative estimate of drug-likeness (QED) is 0.502. The smallest absolute Gasteiger partial charge is 0.262 e. The molecule has 0 atom stereocenters. The van der Waals surface area contributed by atoms with Gasteiger partial charge in [-0.25, -0.2) is 4.98 Å². The lowest BCUT2D eigenvalue weighted by atomic mass is 9.97. The topological polar surface area (TPSA) is 96.3 Å². The maximum absolute atomic E-state index is 13.0. The van der Waals surface area contributed by atoms with Crippen molar-refractivity contribution in [3.8, 4) is 0 Å². The molecule has 0 unspecified atom stereocenters. The zero-order valence-electron chi connectivity index (χ0n) is 20.1. The minimum Gasteiger partial charge on any atom is -0.356 e. The van der Waals surface area contributed by atoms with Gasteiger partial charge in [0, 0.05) is 24.4 Å². The number of fused-ring (bicyclic) bond motifs is 3. The third-order valence-electron chi connectivity index (χ3n) is 6.83. The molecule has 34 heavy (non-hydrogen) atoms. The van der Waals surface area contributed by atoms with Crippen molar-refractivity contribution in [3.05, 3.63) is 27.1 Å². The van der Waals surface area contributed by atoms with Crippen LogP contribution in [0.2, 0.25) is 0 Å². The zero-order valence-corrected chi connectivity index (χ0v) is 20.9. The number of hydrogen-bond donors (Lipinski definition) is 2. The summed E-state index contributed by atoms with van der Waals surface area (Å²) in [6.07, 6.45) is 12.9. The first-order valence-electron chi connectivity index (χ1n) is 12.9. The van der Waals surface area contributed by atoms with Gasteiger partial charge < -0.3 is 15.5 Å². The van der Waals surface area contributed by atoms with Crippen LogP contribution in [0.5, 0.6) is 0 Å². The average Bonchev–Trinajstić information content (AvgIpc) is 3.02. The fourth-order valence-corrected chi connectivity index (χ4v) is 6.18. The highest BCUT2D eigenvalue weighted by atomic mass is 32.1. The van der Waals surface area contributed by atoms with Crippen molar-refractivity contribution in [2.24, 2.45) is 0 Å². The van der Waals surface area contributed by atoms with Gasteiger partial charge in [-0.05, 0) is 76.6 Å². The van der Waals surface area contributed by atoms with Gasteiger partial charge in [-0.3, -0.25) is 19.0 Å². The summed E-state index contributed by atoms with van der Waals surface area (Å²) >= 11 is 1.61.